The summed E-state index contributed by atoms with van der Waals surface area (Å²) in [6.45, 7) is 3.06. The lowest BCUT2D eigenvalue weighted by atomic mass is 10.1. The van der Waals surface area contributed by atoms with E-state index in [9.17, 15) is 18.0 Å². The number of nitrogens with one attached hydrogen (secondary N) is 1. The normalized spacial score (nSPS) is 15.1. The molecule has 1 aromatic carbocycles. The molecule has 0 saturated carbocycles. The summed E-state index contributed by atoms with van der Waals surface area (Å²) in [4.78, 5) is 28.1. The first kappa shape index (κ1) is 21.4. The van der Waals surface area contributed by atoms with Gasteiger partial charge in [-0.25, -0.2) is 18.2 Å². The van der Waals surface area contributed by atoms with Crippen molar-refractivity contribution in [1.29, 1.82) is 0 Å². The number of nitrogens with zero attached hydrogens (tertiary/aromatic N) is 2. The molecule has 0 atom stereocenters. The number of hydrogen-bond acceptors (Lipinski definition) is 7. The molecule has 1 fully saturated rings. The van der Waals surface area contributed by atoms with Gasteiger partial charge in [0.25, 0.3) is 0 Å². The number of rotatable bonds is 7. The van der Waals surface area contributed by atoms with E-state index >= 15 is 0 Å². The number of hydrogen-bond donors (Lipinski definition) is 1. The van der Waals surface area contributed by atoms with Crippen molar-refractivity contribution in [1.82, 2.24) is 9.29 Å². The van der Waals surface area contributed by atoms with E-state index in [1.165, 1.54) is 21.8 Å². The van der Waals surface area contributed by atoms with Crippen molar-refractivity contribution >= 4 is 38.4 Å². The Morgan fingerprint density at radius 3 is 2.52 bits per heavy atom. The summed E-state index contributed by atoms with van der Waals surface area (Å²) in [5.74, 6) is -0.837. The number of ether oxygens (including phenoxy) is 1. The second kappa shape index (κ2) is 9.47. The van der Waals surface area contributed by atoms with Gasteiger partial charge >= 0.3 is 5.97 Å². The van der Waals surface area contributed by atoms with Crippen molar-refractivity contribution < 1.29 is 22.7 Å². The van der Waals surface area contributed by atoms with Gasteiger partial charge in [0.15, 0.2) is 10.8 Å². The fourth-order valence-electron chi connectivity index (χ4n) is 3.01. The maximum Gasteiger partial charge on any atom is 0.357 e. The Labute approximate surface area is 173 Å². The van der Waals surface area contributed by atoms with Gasteiger partial charge in [0.2, 0.25) is 15.9 Å². The van der Waals surface area contributed by atoms with Crippen molar-refractivity contribution in [2.45, 2.75) is 37.5 Å². The van der Waals surface area contributed by atoms with E-state index in [4.69, 9.17) is 4.74 Å². The third-order valence-electron chi connectivity index (χ3n) is 4.48. The Bertz CT molecular complexity index is 964. The first-order chi connectivity index (χ1) is 13.9. The molecule has 0 aliphatic carbocycles. The molecule has 0 unspecified atom stereocenters. The molecule has 1 aliphatic heterocycles. The summed E-state index contributed by atoms with van der Waals surface area (Å²) < 4.78 is 31.7. The number of piperidine rings is 1. The number of thiazole rings is 1. The number of sulfonamides is 1. The van der Waals surface area contributed by atoms with Gasteiger partial charge in [0, 0.05) is 18.5 Å². The molecule has 2 heterocycles. The second-order valence-corrected chi connectivity index (χ2v) is 9.39. The molecule has 0 radical (unpaired) electrons. The van der Waals surface area contributed by atoms with Gasteiger partial charge in [-0.1, -0.05) is 18.6 Å². The van der Waals surface area contributed by atoms with Gasteiger partial charge in [0.1, 0.15) is 0 Å². The molecule has 0 bridgehead atoms. The molecule has 3 rings (SSSR count). The Kier molecular flexibility index (Phi) is 6.99. The van der Waals surface area contributed by atoms with Crippen LogP contribution in [0.2, 0.25) is 0 Å². The van der Waals surface area contributed by atoms with Gasteiger partial charge in [-0.05, 0) is 37.5 Å². The smallest absolute Gasteiger partial charge is 0.357 e. The van der Waals surface area contributed by atoms with Gasteiger partial charge < -0.3 is 10.1 Å². The Morgan fingerprint density at radius 1 is 1.17 bits per heavy atom. The number of carbonyl (C=O) groups is 2. The predicted octanol–water partition coefficient (Wildman–Crippen LogP) is 2.68. The topological polar surface area (TPSA) is 106 Å². The molecule has 1 aliphatic rings. The minimum atomic E-state index is -3.49. The fraction of sp³-hybridized carbons (Fsp3) is 0.421. The number of esters is 1. The lowest BCUT2D eigenvalue weighted by Gasteiger charge is -2.25. The van der Waals surface area contributed by atoms with Crippen LogP contribution >= 0.6 is 11.3 Å². The van der Waals surface area contributed by atoms with Crippen LogP contribution in [-0.4, -0.2) is 49.3 Å². The van der Waals surface area contributed by atoms with Crippen molar-refractivity contribution in [2.24, 2.45) is 0 Å². The van der Waals surface area contributed by atoms with Crippen LogP contribution in [0, 0.1) is 0 Å². The highest BCUT2D eigenvalue weighted by Gasteiger charge is 2.25. The summed E-state index contributed by atoms with van der Waals surface area (Å²) in [6, 6.07) is 6.36. The van der Waals surface area contributed by atoms with Crippen LogP contribution in [0.1, 0.15) is 42.2 Å². The van der Waals surface area contributed by atoms with Gasteiger partial charge in [-0.3, -0.25) is 4.79 Å². The third kappa shape index (κ3) is 5.40. The maximum absolute atomic E-state index is 12.7. The summed E-state index contributed by atoms with van der Waals surface area (Å²) in [6.07, 6.45) is 2.89. The highest BCUT2D eigenvalue weighted by atomic mass is 32.2. The van der Waals surface area contributed by atoms with Crippen LogP contribution in [-0.2, 0) is 26.0 Å². The minimum absolute atomic E-state index is 0.0678. The Hall–Kier alpha value is -2.30. The molecule has 29 heavy (non-hydrogen) atoms. The molecule has 8 nitrogen and oxygen atoms in total. The van der Waals surface area contributed by atoms with Gasteiger partial charge in [-0.2, -0.15) is 4.31 Å². The standard InChI is InChI=1S/C19H23N3O5S2/c1-2-27-18(24)16-13-28-19(20-16)21-17(23)12-14-6-8-15(9-7-14)29(25,26)22-10-4-3-5-11-22/h6-9,13H,2-5,10-12H2,1H3,(H,20,21,23). The first-order valence-corrected chi connectivity index (χ1v) is 11.7. The number of anilines is 1. The zero-order chi connectivity index (χ0) is 20.9. The number of aromatic nitrogens is 1. The van der Waals surface area contributed by atoms with Crippen LogP contribution < -0.4 is 5.32 Å². The van der Waals surface area contributed by atoms with Gasteiger partial charge in [0.05, 0.1) is 17.9 Å². The molecule has 10 heteroatoms. The molecular formula is C19H23N3O5S2. The second-order valence-electron chi connectivity index (χ2n) is 6.59. The van der Waals surface area contributed by atoms with E-state index in [-0.39, 0.29) is 29.5 Å². The maximum atomic E-state index is 12.7. The molecule has 0 spiro atoms. The molecule has 1 aromatic heterocycles. The van der Waals surface area contributed by atoms with E-state index in [2.05, 4.69) is 10.3 Å². The SMILES string of the molecule is CCOC(=O)c1csc(NC(=O)Cc2ccc(S(=O)(=O)N3CCCCC3)cc2)n1. The van der Waals surface area contributed by atoms with E-state index in [0.29, 0.717) is 23.8 Å². The predicted molar refractivity (Wildman–Crippen MR) is 109 cm³/mol. The largest absolute Gasteiger partial charge is 0.461 e. The number of amides is 1. The van der Waals surface area contributed by atoms with Crippen LogP contribution in [0.15, 0.2) is 34.5 Å². The molecule has 156 valence electrons. The lowest BCUT2D eigenvalue weighted by Crippen LogP contribution is -2.35. The summed E-state index contributed by atoms with van der Waals surface area (Å²) >= 11 is 1.14. The fourth-order valence-corrected chi connectivity index (χ4v) is 5.23. The summed E-state index contributed by atoms with van der Waals surface area (Å²) in [5, 5.41) is 4.47. The average molecular weight is 438 g/mol. The average Bonchev–Trinajstić information content (AvgIpc) is 3.18. The minimum Gasteiger partial charge on any atom is -0.461 e. The van der Waals surface area contributed by atoms with Crippen LogP contribution in [0.3, 0.4) is 0 Å². The van der Waals surface area contributed by atoms with Crippen molar-refractivity contribution in [2.75, 3.05) is 25.0 Å². The number of benzene rings is 1. The van der Waals surface area contributed by atoms with Crippen molar-refractivity contribution in [3.8, 4) is 0 Å². The molecule has 1 N–H and O–H groups in total. The summed E-state index contributed by atoms with van der Waals surface area (Å²) in [5.41, 5.74) is 0.835. The monoisotopic (exact) mass is 437 g/mol. The molecular weight excluding hydrogens is 414 g/mol. The van der Waals surface area contributed by atoms with E-state index in [1.54, 1.807) is 19.1 Å². The summed E-state index contributed by atoms with van der Waals surface area (Å²) in [7, 11) is -3.49. The van der Waals surface area contributed by atoms with Crippen molar-refractivity contribution in [3.63, 3.8) is 0 Å². The quantitative estimate of drug-likeness (QED) is 0.668. The highest BCUT2D eigenvalue weighted by molar-refractivity contribution is 7.89. The van der Waals surface area contributed by atoms with E-state index in [0.717, 1.165) is 30.6 Å². The van der Waals surface area contributed by atoms with E-state index < -0.39 is 16.0 Å². The zero-order valence-corrected chi connectivity index (χ0v) is 17.7. The van der Waals surface area contributed by atoms with Gasteiger partial charge in [-0.15, -0.1) is 11.3 Å². The van der Waals surface area contributed by atoms with Crippen molar-refractivity contribution in [3.05, 3.63) is 40.9 Å². The molecule has 1 saturated heterocycles. The lowest BCUT2D eigenvalue weighted by molar-refractivity contribution is -0.115. The highest BCUT2D eigenvalue weighted by Crippen LogP contribution is 2.21. The molecule has 1 amide bonds. The first-order valence-electron chi connectivity index (χ1n) is 9.41. The Balaban J connectivity index is 1.59. The van der Waals surface area contributed by atoms with Crippen LogP contribution in [0.4, 0.5) is 5.13 Å². The van der Waals surface area contributed by atoms with E-state index in [1.807, 2.05) is 0 Å². The zero-order valence-electron chi connectivity index (χ0n) is 16.1. The van der Waals surface area contributed by atoms with Crippen LogP contribution in [0.25, 0.3) is 0 Å². The molecule has 2 aromatic rings. The number of carbonyl (C=O) groups excluding carboxylic acids is 2. The Morgan fingerprint density at radius 2 is 1.86 bits per heavy atom. The third-order valence-corrected chi connectivity index (χ3v) is 7.15. The van der Waals surface area contributed by atoms with Crippen LogP contribution in [0.5, 0.6) is 0 Å².